The Morgan fingerprint density at radius 2 is 1.07 bits per heavy atom. The maximum absolute atomic E-state index is 2.48. The predicted octanol–water partition coefficient (Wildman–Crippen LogP) is 10.7. The van der Waals surface area contributed by atoms with Gasteiger partial charge in [0, 0.05) is 14.7 Å². The second kappa shape index (κ2) is 13.3. The highest BCUT2D eigenvalue weighted by atomic mass is 127. The van der Waals surface area contributed by atoms with E-state index in [1.807, 2.05) is 60.9 Å². The molecule has 0 bridgehead atoms. The fraction of sp³-hybridized carbons (Fsp3) is 0.250. The highest BCUT2D eigenvalue weighted by Gasteiger charge is 2.28. The van der Waals surface area contributed by atoms with Crippen molar-refractivity contribution >= 4 is 79.4 Å². The first kappa shape index (κ1) is 25.1. The van der Waals surface area contributed by atoms with E-state index in [9.17, 15) is 0 Å². The minimum atomic E-state index is 1.25. The molecule has 0 saturated heterocycles. The summed E-state index contributed by atoms with van der Waals surface area (Å²) in [6.07, 6.45) is 1.25. The van der Waals surface area contributed by atoms with Gasteiger partial charge in [0.1, 0.15) is 0 Å². The van der Waals surface area contributed by atoms with Gasteiger partial charge in [0.15, 0.2) is 0 Å². The van der Waals surface area contributed by atoms with Gasteiger partial charge in [0.05, 0.1) is 11.4 Å². The Kier molecular flexibility index (Phi) is 11.5. The molecule has 2 heterocycles. The molecule has 0 N–H and O–H groups in total. The van der Waals surface area contributed by atoms with Crippen LogP contribution in [0.2, 0.25) is 0 Å². The van der Waals surface area contributed by atoms with E-state index in [0.717, 1.165) is 0 Å². The van der Waals surface area contributed by atoms with E-state index in [1.54, 1.807) is 0 Å². The Hall–Kier alpha value is -0.210. The van der Waals surface area contributed by atoms with Crippen LogP contribution in [0.25, 0.3) is 9.81 Å². The third kappa shape index (κ3) is 6.89. The molecule has 0 unspecified atom stereocenters. The fourth-order valence-electron chi connectivity index (χ4n) is 2.43. The molecule has 29 heavy (non-hydrogen) atoms. The van der Waals surface area contributed by atoms with Crippen LogP contribution in [0.3, 0.4) is 0 Å². The quantitative estimate of drug-likeness (QED) is 0.329. The Morgan fingerprint density at radius 3 is 1.59 bits per heavy atom. The zero-order valence-electron chi connectivity index (χ0n) is 17.5. The average Bonchev–Trinajstić information content (AvgIpc) is 3.34. The summed E-state index contributed by atoms with van der Waals surface area (Å²) in [6.45, 7) is 10.5. The highest BCUT2D eigenvalue weighted by Crippen LogP contribution is 2.64. The lowest BCUT2D eigenvalue weighted by atomic mass is 10.2. The number of hydrogen-bond donors (Lipinski definition) is 0. The molecule has 0 aliphatic carbocycles. The van der Waals surface area contributed by atoms with Crippen LogP contribution >= 0.6 is 69.6 Å². The Bertz CT molecular complexity index is 810. The first-order chi connectivity index (χ1) is 14.1. The van der Waals surface area contributed by atoms with E-state index < -0.39 is 0 Å². The molecule has 5 heteroatoms. The van der Waals surface area contributed by atoms with Gasteiger partial charge in [-0.25, -0.2) is 0 Å². The maximum Gasteiger partial charge on any atom is 0.0711 e. The minimum Gasteiger partial charge on any atom is -0.0845 e. The molecule has 2 aliphatic heterocycles. The molecule has 0 saturated carbocycles. The van der Waals surface area contributed by atoms with Gasteiger partial charge in [-0.15, -0.1) is 0 Å². The smallest absolute Gasteiger partial charge is 0.0711 e. The van der Waals surface area contributed by atoms with Crippen LogP contribution in [0, 0.1) is 0 Å². The molecule has 0 atom stereocenters. The summed E-state index contributed by atoms with van der Waals surface area (Å²) in [5.74, 6) is 0. The third-order valence-corrected chi connectivity index (χ3v) is 10.7. The van der Waals surface area contributed by atoms with Gasteiger partial charge < -0.3 is 0 Å². The lowest BCUT2D eigenvalue weighted by molar-refractivity contribution is 1.09. The van der Waals surface area contributed by atoms with Gasteiger partial charge in [-0.1, -0.05) is 142 Å². The van der Waals surface area contributed by atoms with Gasteiger partial charge in [0.25, 0.3) is 0 Å². The number of halogens is 1. The molecule has 0 radical (unpaired) electrons. The third-order valence-electron chi connectivity index (χ3n) is 3.55. The van der Waals surface area contributed by atoms with E-state index in [-0.39, 0.29) is 0 Å². The largest absolute Gasteiger partial charge is 0.0845 e. The standard InChI is InChI=1S/C19H13IS4.C3H8.C2H6/c1-12-15(13-8-4-2-5-9-13)22-18(21-12)19-23-16(17(20)24-19)14-10-6-3-7-11-14;1-3-2;1-2/h2-11H,1H3;3H2,1-2H3;1-2H3/b19-18-;;. The minimum absolute atomic E-state index is 1.25. The van der Waals surface area contributed by atoms with Crippen molar-refractivity contribution in [2.45, 2.75) is 41.0 Å². The number of rotatable bonds is 2. The van der Waals surface area contributed by atoms with Crippen LogP contribution in [-0.2, 0) is 0 Å². The first-order valence-electron chi connectivity index (χ1n) is 9.81. The Balaban J connectivity index is 0.000000551. The number of hydrogen-bond acceptors (Lipinski definition) is 4. The van der Waals surface area contributed by atoms with Crippen LogP contribution in [0.1, 0.15) is 52.2 Å². The predicted molar refractivity (Wildman–Crippen MR) is 151 cm³/mol. The summed E-state index contributed by atoms with van der Waals surface area (Å²) in [5.41, 5.74) is 2.64. The van der Waals surface area contributed by atoms with Crippen molar-refractivity contribution in [2.75, 3.05) is 0 Å². The van der Waals surface area contributed by atoms with Gasteiger partial charge >= 0.3 is 0 Å². The summed E-state index contributed by atoms with van der Waals surface area (Å²) in [5, 5.41) is 0. The zero-order valence-corrected chi connectivity index (χ0v) is 22.9. The van der Waals surface area contributed by atoms with Crippen LogP contribution in [-0.4, -0.2) is 0 Å². The second-order valence-electron chi connectivity index (χ2n) is 5.91. The molecule has 0 aromatic heterocycles. The molecular weight excluding hydrogens is 543 g/mol. The van der Waals surface area contributed by atoms with Crippen LogP contribution < -0.4 is 0 Å². The summed E-state index contributed by atoms with van der Waals surface area (Å²) in [4.78, 5) is 4.18. The molecule has 4 rings (SSSR count). The second-order valence-corrected chi connectivity index (χ2v) is 12.5. The van der Waals surface area contributed by atoms with E-state index in [0.29, 0.717) is 0 Å². The lowest BCUT2D eigenvalue weighted by Crippen LogP contribution is -1.77. The molecule has 2 aromatic carbocycles. The summed E-state index contributed by atoms with van der Waals surface area (Å²) >= 11 is 10.1. The van der Waals surface area contributed by atoms with Crippen molar-refractivity contribution < 1.29 is 0 Å². The molecule has 2 aliphatic rings. The van der Waals surface area contributed by atoms with Crippen molar-refractivity contribution in [3.63, 3.8) is 0 Å². The molecule has 0 spiro atoms. The van der Waals surface area contributed by atoms with E-state index in [4.69, 9.17) is 0 Å². The normalized spacial score (nSPS) is 18.3. The summed E-state index contributed by atoms with van der Waals surface area (Å²) in [7, 11) is 0. The first-order valence-corrected chi connectivity index (χ1v) is 14.2. The number of benzene rings is 2. The summed E-state index contributed by atoms with van der Waals surface area (Å²) < 4.78 is 4.21. The van der Waals surface area contributed by atoms with Crippen molar-refractivity contribution in [1.82, 2.24) is 0 Å². The molecular formula is C24H27IS4. The monoisotopic (exact) mass is 570 g/mol. The molecule has 0 fully saturated rings. The van der Waals surface area contributed by atoms with Gasteiger partial charge in [-0.3, -0.25) is 0 Å². The SMILES string of the molecule is CC.CC1=C(c2ccccc2)S/C(=C2\SC(I)=C(c3ccccc3)S2)S1.CCC. The van der Waals surface area contributed by atoms with Gasteiger partial charge in [-0.2, -0.15) is 0 Å². The van der Waals surface area contributed by atoms with Crippen molar-refractivity contribution in [3.05, 3.63) is 88.1 Å². The molecule has 154 valence electrons. The highest BCUT2D eigenvalue weighted by molar-refractivity contribution is 14.1. The lowest BCUT2D eigenvalue weighted by Gasteiger charge is -2.04. The van der Waals surface area contributed by atoms with Crippen molar-refractivity contribution in [3.8, 4) is 0 Å². The number of allylic oxidation sites excluding steroid dienone is 1. The van der Waals surface area contributed by atoms with Gasteiger partial charge in [0.2, 0.25) is 0 Å². The Labute approximate surface area is 207 Å². The average molecular weight is 571 g/mol. The molecule has 2 aromatic rings. The maximum atomic E-state index is 2.48. The Morgan fingerprint density at radius 1 is 0.655 bits per heavy atom. The molecule has 0 nitrogen and oxygen atoms in total. The van der Waals surface area contributed by atoms with Gasteiger partial charge in [-0.05, 0) is 40.6 Å². The van der Waals surface area contributed by atoms with E-state index in [2.05, 4.69) is 104 Å². The van der Waals surface area contributed by atoms with Crippen molar-refractivity contribution in [2.24, 2.45) is 0 Å². The summed E-state index contributed by atoms with van der Waals surface area (Å²) in [6, 6.07) is 21.4. The van der Waals surface area contributed by atoms with E-state index in [1.165, 1.54) is 43.6 Å². The molecule has 0 amide bonds. The van der Waals surface area contributed by atoms with Crippen LogP contribution in [0.15, 0.2) is 77.0 Å². The number of thioether (sulfide) groups is 4. The van der Waals surface area contributed by atoms with Crippen LogP contribution in [0.4, 0.5) is 0 Å². The zero-order chi connectivity index (χ0) is 21.2. The fourth-order valence-corrected chi connectivity index (χ4v) is 9.44. The van der Waals surface area contributed by atoms with Crippen LogP contribution in [0.5, 0.6) is 0 Å². The topological polar surface area (TPSA) is 0 Å². The van der Waals surface area contributed by atoms with E-state index >= 15 is 0 Å². The van der Waals surface area contributed by atoms with Crippen molar-refractivity contribution in [1.29, 1.82) is 0 Å².